The number of anilines is 1. The van der Waals surface area contributed by atoms with Gasteiger partial charge in [0, 0.05) is 30.9 Å². The van der Waals surface area contributed by atoms with Gasteiger partial charge in [-0.3, -0.25) is 4.79 Å². The van der Waals surface area contributed by atoms with E-state index in [9.17, 15) is 9.59 Å². The van der Waals surface area contributed by atoms with E-state index in [1.165, 1.54) is 0 Å². The molecular formula is C20H22N2O4. The van der Waals surface area contributed by atoms with Gasteiger partial charge in [0.1, 0.15) is 0 Å². The average molecular weight is 354 g/mol. The van der Waals surface area contributed by atoms with Gasteiger partial charge in [-0.15, -0.1) is 0 Å². The lowest BCUT2D eigenvalue weighted by Gasteiger charge is -2.27. The van der Waals surface area contributed by atoms with E-state index in [1.54, 1.807) is 24.3 Å². The van der Waals surface area contributed by atoms with Gasteiger partial charge >= 0.3 is 5.97 Å². The molecular weight excluding hydrogens is 332 g/mol. The van der Waals surface area contributed by atoms with Crippen LogP contribution < -0.4 is 5.32 Å². The molecule has 1 amide bonds. The molecule has 0 spiro atoms. The largest absolute Gasteiger partial charge is 0.478 e. The van der Waals surface area contributed by atoms with Gasteiger partial charge in [0.2, 0.25) is 0 Å². The van der Waals surface area contributed by atoms with E-state index in [0.717, 1.165) is 16.8 Å². The fraction of sp³-hybridized carbons (Fsp3) is 0.300. The molecule has 1 fully saturated rings. The van der Waals surface area contributed by atoms with Crippen molar-refractivity contribution in [2.45, 2.75) is 13.5 Å². The molecule has 0 saturated carbocycles. The topological polar surface area (TPSA) is 78.9 Å². The van der Waals surface area contributed by atoms with Crippen LogP contribution in [0, 0.1) is 6.92 Å². The second-order valence-electron chi connectivity index (χ2n) is 6.24. The number of nitrogens with zero attached hydrogens (tertiary/aromatic N) is 1. The third-order valence-electron chi connectivity index (χ3n) is 4.55. The second-order valence-corrected chi connectivity index (χ2v) is 6.24. The average Bonchev–Trinajstić information content (AvgIpc) is 2.67. The lowest BCUT2D eigenvalue weighted by Crippen LogP contribution is -2.41. The summed E-state index contributed by atoms with van der Waals surface area (Å²) in [5.41, 5.74) is 3.73. The van der Waals surface area contributed by atoms with E-state index in [-0.39, 0.29) is 11.5 Å². The number of hydrogen-bond donors (Lipinski definition) is 2. The van der Waals surface area contributed by atoms with Crippen LogP contribution in [0.2, 0.25) is 0 Å². The van der Waals surface area contributed by atoms with Crippen molar-refractivity contribution in [3.8, 4) is 0 Å². The predicted octanol–water partition coefficient (Wildman–Crippen LogP) is 2.78. The Morgan fingerprint density at radius 1 is 1.12 bits per heavy atom. The molecule has 6 nitrogen and oxygen atoms in total. The van der Waals surface area contributed by atoms with Crippen LogP contribution >= 0.6 is 0 Å². The molecule has 136 valence electrons. The Bertz CT molecular complexity index is 796. The van der Waals surface area contributed by atoms with Crippen molar-refractivity contribution in [2.24, 2.45) is 0 Å². The number of rotatable bonds is 5. The quantitative estimate of drug-likeness (QED) is 0.863. The number of benzene rings is 2. The van der Waals surface area contributed by atoms with Crippen LogP contribution in [0.1, 0.15) is 31.8 Å². The fourth-order valence-corrected chi connectivity index (χ4v) is 2.96. The predicted molar refractivity (Wildman–Crippen MR) is 98.6 cm³/mol. The molecule has 0 radical (unpaired) electrons. The molecule has 0 atom stereocenters. The second kappa shape index (κ2) is 8.01. The lowest BCUT2D eigenvalue weighted by molar-refractivity contribution is 0.0302. The minimum Gasteiger partial charge on any atom is -0.478 e. The standard InChI is InChI=1S/C20H22N2O4/c1-14-17(19(23)22-9-11-26-12-10-22)3-2-4-18(14)21-13-15-5-7-16(8-6-15)20(24)25/h2-8,21H,9-13H2,1H3,(H,24,25). The highest BCUT2D eigenvalue weighted by molar-refractivity contribution is 5.97. The van der Waals surface area contributed by atoms with E-state index in [2.05, 4.69) is 5.32 Å². The number of carbonyl (C=O) groups is 2. The Balaban J connectivity index is 1.70. The molecule has 0 aromatic heterocycles. The summed E-state index contributed by atoms with van der Waals surface area (Å²) < 4.78 is 5.31. The number of carboxylic acids is 1. The summed E-state index contributed by atoms with van der Waals surface area (Å²) in [5.74, 6) is -0.907. The molecule has 0 aliphatic carbocycles. The number of carbonyl (C=O) groups excluding carboxylic acids is 1. The minimum atomic E-state index is -0.935. The van der Waals surface area contributed by atoms with Gasteiger partial charge in [0.05, 0.1) is 18.8 Å². The molecule has 2 N–H and O–H groups in total. The van der Waals surface area contributed by atoms with Crippen LogP contribution in [0.3, 0.4) is 0 Å². The van der Waals surface area contributed by atoms with Crippen LogP contribution in [-0.2, 0) is 11.3 Å². The molecule has 2 aromatic carbocycles. The number of hydrogen-bond acceptors (Lipinski definition) is 4. The van der Waals surface area contributed by atoms with E-state index in [1.807, 2.05) is 30.0 Å². The summed E-state index contributed by atoms with van der Waals surface area (Å²) >= 11 is 0. The first-order chi connectivity index (χ1) is 12.6. The summed E-state index contributed by atoms with van der Waals surface area (Å²) in [7, 11) is 0. The number of nitrogens with one attached hydrogen (secondary N) is 1. The smallest absolute Gasteiger partial charge is 0.335 e. The Morgan fingerprint density at radius 2 is 1.81 bits per heavy atom. The van der Waals surface area contributed by atoms with Gasteiger partial charge in [-0.2, -0.15) is 0 Å². The van der Waals surface area contributed by atoms with Gasteiger partial charge in [0.25, 0.3) is 5.91 Å². The molecule has 0 unspecified atom stereocenters. The molecule has 1 aliphatic heterocycles. The van der Waals surface area contributed by atoms with Gasteiger partial charge in [0.15, 0.2) is 0 Å². The van der Waals surface area contributed by atoms with Gasteiger partial charge in [-0.1, -0.05) is 18.2 Å². The normalized spacial score (nSPS) is 14.1. The third kappa shape index (κ3) is 4.03. The lowest BCUT2D eigenvalue weighted by atomic mass is 10.0. The van der Waals surface area contributed by atoms with Crippen LogP contribution in [0.4, 0.5) is 5.69 Å². The third-order valence-corrected chi connectivity index (χ3v) is 4.55. The molecule has 1 aliphatic rings. The summed E-state index contributed by atoms with van der Waals surface area (Å²) in [6, 6.07) is 12.4. The van der Waals surface area contributed by atoms with Gasteiger partial charge in [-0.05, 0) is 42.3 Å². The summed E-state index contributed by atoms with van der Waals surface area (Å²) in [4.78, 5) is 25.5. The first kappa shape index (κ1) is 17.9. The fourth-order valence-electron chi connectivity index (χ4n) is 2.96. The van der Waals surface area contributed by atoms with Crippen LogP contribution in [-0.4, -0.2) is 48.2 Å². The number of aromatic carboxylic acids is 1. The van der Waals surface area contributed by atoms with Crippen molar-refractivity contribution in [3.63, 3.8) is 0 Å². The SMILES string of the molecule is Cc1c(NCc2ccc(C(=O)O)cc2)cccc1C(=O)N1CCOCC1. The van der Waals surface area contributed by atoms with E-state index < -0.39 is 5.97 Å². The zero-order valence-electron chi connectivity index (χ0n) is 14.7. The Morgan fingerprint density at radius 3 is 2.46 bits per heavy atom. The van der Waals surface area contributed by atoms with Crippen molar-refractivity contribution in [1.82, 2.24) is 4.90 Å². The molecule has 6 heteroatoms. The highest BCUT2D eigenvalue weighted by atomic mass is 16.5. The monoisotopic (exact) mass is 354 g/mol. The molecule has 1 saturated heterocycles. The van der Waals surface area contributed by atoms with Gasteiger partial charge < -0.3 is 20.1 Å². The maximum absolute atomic E-state index is 12.7. The summed E-state index contributed by atoms with van der Waals surface area (Å²) in [6.07, 6.45) is 0. The molecule has 26 heavy (non-hydrogen) atoms. The van der Waals surface area contributed by atoms with Gasteiger partial charge in [-0.25, -0.2) is 4.79 Å². The molecule has 0 bridgehead atoms. The maximum atomic E-state index is 12.7. The Labute approximate surface area is 152 Å². The zero-order chi connectivity index (χ0) is 18.5. The highest BCUT2D eigenvalue weighted by Gasteiger charge is 2.20. The Kier molecular flexibility index (Phi) is 5.53. The Hall–Kier alpha value is -2.86. The summed E-state index contributed by atoms with van der Waals surface area (Å²) in [5, 5.41) is 12.3. The van der Waals surface area contributed by atoms with Crippen LogP contribution in [0.5, 0.6) is 0 Å². The number of ether oxygens (including phenoxy) is 1. The number of amides is 1. The van der Waals surface area contributed by atoms with Crippen molar-refractivity contribution < 1.29 is 19.4 Å². The first-order valence-corrected chi connectivity index (χ1v) is 8.59. The van der Waals surface area contributed by atoms with Crippen molar-refractivity contribution in [2.75, 3.05) is 31.6 Å². The van der Waals surface area contributed by atoms with Crippen molar-refractivity contribution in [1.29, 1.82) is 0 Å². The highest BCUT2D eigenvalue weighted by Crippen LogP contribution is 2.21. The molecule has 3 rings (SSSR count). The molecule has 1 heterocycles. The van der Waals surface area contributed by atoms with E-state index in [4.69, 9.17) is 9.84 Å². The van der Waals surface area contributed by atoms with Crippen LogP contribution in [0.15, 0.2) is 42.5 Å². The van der Waals surface area contributed by atoms with E-state index in [0.29, 0.717) is 38.4 Å². The number of morpholine rings is 1. The molecule has 2 aromatic rings. The summed E-state index contributed by atoms with van der Waals surface area (Å²) in [6.45, 7) is 4.88. The van der Waals surface area contributed by atoms with Crippen LogP contribution in [0.25, 0.3) is 0 Å². The van der Waals surface area contributed by atoms with Crippen molar-refractivity contribution in [3.05, 3.63) is 64.7 Å². The number of carboxylic acid groups (broad SMARTS) is 1. The van der Waals surface area contributed by atoms with Crippen molar-refractivity contribution >= 4 is 17.6 Å². The minimum absolute atomic E-state index is 0.0280. The first-order valence-electron chi connectivity index (χ1n) is 8.59. The zero-order valence-corrected chi connectivity index (χ0v) is 14.7. The van der Waals surface area contributed by atoms with E-state index >= 15 is 0 Å². The maximum Gasteiger partial charge on any atom is 0.335 e.